The lowest BCUT2D eigenvalue weighted by Crippen LogP contribution is -2.20. The molecule has 0 spiro atoms. The van der Waals surface area contributed by atoms with Crippen molar-refractivity contribution in [3.05, 3.63) is 23.8 Å². The van der Waals surface area contributed by atoms with Crippen molar-refractivity contribution in [1.82, 2.24) is 5.32 Å². The van der Waals surface area contributed by atoms with Crippen molar-refractivity contribution in [3.63, 3.8) is 0 Å². The summed E-state index contributed by atoms with van der Waals surface area (Å²) in [5.74, 6) is 1.04. The van der Waals surface area contributed by atoms with Crippen LogP contribution < -0.4 is 14.8 Å². The lowest BCUT2D eigenvalue weighted by atomic mass is 10.1. The zero-order chi connectivity index (χ0) is 13.1. The van der Waals surface area contributed by atoms with Gasteiger partial charge in [-0.1, -0.05) is 6.07 Å². The Labute approximate surface area is 107 Å². The van der Waals surface area contributed by atoms with Gasteiger partial charge in [-0.15, -0.1) is 0 Å². The van der Waals surface area contributed by atoms with Gasteiger partial charge >= 0.3 is 0 Å². The second-order valence-electron chi connectivity index (χ2n) is 4.70. The molecule has 1 saturated carbocycles. The number of hydrogen-bond acceptors (Lipinski definition) is 3. The molecular weight excluding hydrogens is 230 g/mol. The van der Waals surface area contributed by atoms with Gasteiger partial charge < -0.3 is 14.8 Å². The van der Waals surface area contributed by atoms with Crippen LogP contribution in [0.2, 0.25) is 0 Å². The fourth-order valence-electron chi connectivity index (χ4n) is 1.64. The van der Waals surface area contributed by atoms with E-state index in [4.69, 9.17) is 9.47 Å². The maximum absolute atomic E-state index is 11.8. The highest BCUT2D eigenvalue weighted by molar-refractivity contribution is 5.97. The van der Waals surface area contributed by atoms with Crippen molar-refractivity contribution in [2.75, 3.05) is 7.05 Å². The summed E-state index contributed by atoms with van der Waals surface area (Å²) in [7, 11) is 1.61. The maximum Gasteiger partial charge on any atom is 0.254 e. The lowest BCUT2D eigenvalue weighted by Gasteiger charge is -2.17. The van der Waals surface area contributed by atoms with Crippen LogP contribution in [0.1, 0.15) is 37.0 Å². The summed E-state index contributed by atoms with van der Waals surface area (Å²) in [4.78, 5) is 11.8. The largest absolute Gasteiger partial charge is 0.487 e. The number of carbonyl (C=O) groups is 1. The Bertz CT molecular complexity index is 439. The van der Waals surface area contributed by atoms with Crippen LogP contribution in [0.3, 0.4) is 0 Å². The van der Waals surface area contributed by atoms with Gasteiger partial charge in [0.2, 0.25) is 0 Å². The molecule has 0 aliphatic heterocycles. The Kier molecular flexibility index (Phi) is 3.75. The van der Waals surface area contributed by atoms with Crippen LogP contribution in [0.25, 0.3) is 0 Å². The average molecular weight is 249 g/mol. The van der Waals surface area contributed by atoms with Crippen LogP contribution in [0.5, 0.6) is 11.5 Å². The van der Waals surface area contributed by atoms with Gasteiger partial charge in [-0.05, 0) is 38.8 Å². The van der Waals surface area contributed by atoms with Gasteiger partial charge in [-0.2, -0.15) is 0 Å². The van der Waals surface area contributed by atoms with Crippen molar-refractivity contribution in [2.24, 2.45) is 0 Å². The highest BCUT2D eigenvalue weighted by Gasteiger charge is 2.26. The van der Waals surface area contributed by atoms with E-state index in [1.807, 2.05) is 26.0 Å². The topological polar surface area (TPSA) is 47.6 Å². The Morgan fingerprint density at radius 1 is 1.39 bits per heavy atom. The van der Waals surface area contributed by atoms with Gasteiger partial charge in [-0.3, -0.25) is 4.79 Å². The first-order valence-corrected chi connectivity index (χ1v) is 6.30. The lowest BCUT2D eigenvalue weighted by molar-refractivity contribution is 0.0955. The molecule has 0 saturated heterocycles. The minimum Gasteiger partial charge on any atom is -0.487 e. The maximum atomic E-state index is 11.8. The number of rotatable bonds is 5. The quantitative estimate of drug-likeness (QED) is 0.871. The SMILES string of the molecule is CNC(=O)c1cccc(OC2CC2)c1OC(C)C. The summed E-state index contributed by atoms with van der Waals surface area (Å²) in [6, 6.07) is 5.41. The number of nitrogens with one attached hydrogen (secondary N) is 1. The Balaban J connectivity index is 2.34. The van der Waals surface area contributed by atoms with Crippen LogP contribution in [0, 0.1) is 0 Å². The van der Waals surface area contributed by atoms with Gasteiger partial charge in [-0.25, -0.2) is 0 Å². The summed E-state index contributed by atoms with van der Waals surface area (Å²) in [6.07, 6.45) is 2.42. The third-order valence-electron chi connectivity index (χ3n) is 2.62. The minimum absolute atomic E-state index is 0.00245. The van der Waals surface area contributed by atoms with Crippen molar-refractivity contribution >= 4 is 5.91 Å². The molecule has 1 aliphatic carbocycles. The standard InChI is InChI=1S/C14H19NO3/c1-9(2)17-13-11(14(16)15-3)5-4-6-12(13)18-10-7-8-10/h4-6,9-10H,7-8H2,1-3H3,(H,15,16). The molecule has 1 amide bonds. The average Bonchev–Trinajstić information content (AvgIpc) is 3.13. The van der Waals surface area contributed by atoms with Crippen molar-refractivity contribution in [2.45, 2.75) is 38.9 Å². The van der Waals surface area contributed by atoms with E-state index in [0.717, 1.165) is 12.8 Å². The molecule has 1 aromatic rings. The number of benzene rings is 1. The summed E-state index contributed by atoms with van der Waals surface area (Å²) >= 11 is 0. The van der Waals surface area contributed by atoms with Crippen LogP contribution >= 0.6 is 0 Å². The second-order valence-corrected chi connectivity index (χ2v) is 4.70. The molecular formula is C14H19NO3. The molecule has 4 heteroatoms. The molecule has 0 radical (unpaired) electrons. The van der Waals surface area contributed by atoms with Crippen molar-refractivity contribution < 1.29 is 14.3 Å². The summed E-state index contributed by atoms with van der Waals surface area (Å²) < 4.78 is 11.5. The first-order chi connectivity index (χ1) is 8.61. The second kappa shape index (κ2) is 5.29. The van der Waals surface area contributed by atoms with Crippen LogP contribution in [0.4, 0.5) is 0 Å². The van der Waals surface area contributed by atoms with Gasteiger partial charge in [0.1, 0.15) is 0 Å². The number of carbonyl (C=O) groups excluding carboxylic acids is 1. The van der Waals surface area contributed by atoms with Crippen LogP contribution in [0.15, 0.2) is 18.2 Å². The number of hydrogen-bond donors (Lipinski definition) is 1. The molecule has 1 N–H and O–H groups in total. The highest BCUT2D eigenvalue weighted by atomic mass is 16.5. The molecule has 98 valence electrons. The monoisotopic (exact) mass is 249 g/mol. The first kappa shape index (κ1) is 12.7. The molecule has 0 aromatic heterocycles. The van der Waals surface area contributed by atoms with E-state index in [-0.39, 0.29) is 18.1 Å². The normalized spacial score (nSPS) is 14.4. The number of ether oxygens (including phenoxy) is 2. The van der Waals surface area contributed by atoms with Crippen LogP contribution in [-0.4, -0.2) is 25.2 Å². The van der Waals surface area contributed by atoms with E-state index in [0.29, 0.717) is 17.1 Å². The molecule has 0 heterocycles. The van der Waals surface area contributed by atoms with E-state index in [9.17, 15) is 4.79 Å². The number of para-hydroxylation sites is 1. The van der Waals surface area contributed by atoms with E-state index < -0.39 is 0 Å². The predicted molar refractivity (Wildman–Crippen MR) is 69.2 cm³/mol. The van der Waals surface area contributed by atoms with E-state index in [1.54, 1.807) is 13.1 Å². The van der Waals surface area contributed by atoms with E-state index in [1.165, 1.54) is 0 Å². The van der Waals surface area contributed by atoms with Gasteiger partial charge in [0, 0.05) is 7.05 Å². The summed E-state index contributed by atoms with van der Waals surface area (Å²) in [6.45, 7) is 3.86. The molecule has 0 bridgehead atoms. The molecule has 0 atom stereocenters. The minimum atomic E-state index is -0.160. The van der Waals surface area contributed by atoms with Crippen LogP contribution in [-0.2, 0) is 0 Å². The molecule has 1 aliphatic rings. The third kappa shape index (κ3) is 2.94. The predicted octanol–water partition coefficient (Wildman–Crippen LogP) is 2.37. The fraction of sp³-hybridized carbons (Fsp3) is 0.500. The Morgan fingerprint density at radius 2 is 2.11 bits per heavy atom. The van der Waals surface area contributed by atoms with Gasteiger partial charge in [0.05, 0.1) is 17.8 Å². The Morgan fingerprint density at radius 3 is 2.67 bits per heavy atom. The molecule has 4 nitrogen and oxygen atoms in total. The Hall–Kier alpha value is -1.71. The first-order valence-electron chi connectivity index (χ1n) is 6.30. The molecule has 1 fully saturated rings. The van der Waals surface area contributed by atoms with Gasteiger partial charge in [0.15, 0.2) is 11.5 Å². The molecule has 0 unspecified atom stereocenters. The molecule has 2 rings (SSSR count). The van der Waals surface area contributed by atoms with Crippen molar-refractivity contribution in [3.8, 4) is 11.5 Å². The fourth-order valence-corrected chi connectivity index (χ4v) is 1.64. The third-order valence-corrected chi connectivity index (χ3v) is 2.62. The summed E-state index contributed by atoms with van der Waals surface area (Å²) in [5, 5.41) is 2.62. The highest BCUT2D eigenvalue weighted by Crippen LogP contribution is 2.36. The summed E-state index contributed by atoms with van der Waals surface area (Å²) in [5.41, 5.74) is 0.518. The van der Waals surface area contributed by atoms with Gasteiger partial charge in [0.25, 0.3) is 5.91 Å². The smallest absolute Gasteiger partial charge is 0.254 e. The van der Waals surface area contributed by atoms with E-state index >= 15 is 0 Å². The zero-order valence-electron chi connectivity index (χ0n) is 11.0. The van der Waals surface area contributed by atoms with E-state index in [2.05, 4.69) is 5.32 Å². The zero-order valence-corrected chi connectivity index (χ0v) is 11.0. The molecule has 1 aromatic carbocycles. The van der Waals surface area contributed by atoms with Crippen molar-refractivity contribution in [1.29, 1.82) is 0 Å². The number of amides is 1. The molecule has 18 heavy (non-hydrogen) atoms.